The fraction of sp³-hybridized carbons (Fsp3) is 0.0526. The number of aryl methyl sites for hydroxylation is 1. The highest BCUT2D eigenvalue weighted by molar-refractivity contribution is 7.91. The van der Waals surface area contributed by atoms with Gasteiger partial charge < -0.3 is 0 Å². The predicted octanol–water partition coefficient (Wildman–Crippen LogP) is 3.92. The Labute approximate surface area is 139 Å². The Bertz CT molecular complexity index is 1170. The van der Waals surface area contributed by atoms with Crippen LogP contribution in [-0.4, -0.2) is 18.4 Å². The summed E-state index contributed by atoms with van der Waals surface area (Å²) in [6.45, 7) is 1.93. The van der Waals surface area contributed by atoms with E-state index in [1.165, 1.54) is 6.20 Å². The number of hydrogen-bond donors (Lipinski definition) is 0. The number of hydrogen-bond acceptors (Lipinski definition) is 4. The van der Waals surface area contributed by atoms with Gasteiger partial charge in [0.25, 0.3) is 0 Å². The molecule has 0 aliphatic carbocycles. The molecule has 24 heavy (non-hydrogen) atoms. The van der Waals surface area contributed by atoms with E-state index in [0.29, 0.717) is 10.9 Å². The van der Waals surface area contributed by atoms with Gasteiger partial charge in [-0.25, -0.2) is 8.42 Å². The first-order chi connectivity index (χ1) is 11.6. The van der Waals surface area contributed by atoms with Gasteiger partial charge >= 0.3 is 0 Å². The fourth-order valence-electron chi connectivity index (χ4n) is 2.82. The molecule has 0 saturated carbocycles. The van der Waals surface area contributed by atoms with Crippen molar-refractivity contribution in [2.45, 2.75) is 16.7 Å². The highest BCUT2D eigenvalue weighted by atomic mass is 32.2. The van der Waals surface area contributed by atoms with E-state index < -0.39 is 9.84 Å². The van der Waals surface area contributed by atoms with Crippen molar-refractivity contribution in [1.29, 1.82) is 0 Å². The van der Waals surface area contributed by atoms with Gasteiger partial charge in [0.2, 0.25) is 9.84 Å². The quantitative estimate of drug-likeness (QED) is 0.521. The molecule has 0 unspecified atom stereocenters. The van der Waals surface area contributed by atoms with Crippen molar-refractivity contribution >= 4 is 31.6 Å². The van der Waals surface area contributed by atoms with Crippen LogP contribution in [0.25, 0.3) is 21.8 Å². The average molecular weight is 334 g/mol. The maximum Gasteiger partial charge on any atom is 0.207 e. The van der Waals surface area contributed by atoms with Gasteiger partial charge in [-0.05, 0) is 49.4 Å². The van der Waals surface area contributed by atoms with Gasteiger partial charge in [0, 0.05) is 23.2 Å². The van der Waals surface area contributed by atoms with Crippen molar-refractivity contribution < 1.29 is 8.42 Å². The lowest BCUT2D eigenvalue weighted by molar-refractivity contribution is 0.597. The minimum Gasteiger partial charge on any atom is -0.256 e. The second-order valence-corrected chi connectivity index (χ2v) is 7.58. The number of rotatable bonds is 2. The van der Waals surface area contributed by atoms with Gasteiger partial charge in [-0.1, -0.05) is 17.7 Å². The number of pyridine rings is 2. The van der Waals surface area contributed by atoms with Crippen molar-refractivity contribution in [2.24, 2.45) is 0 Å². The molecule has 4 nitrogen and oxygen atoms in total. The topological polar surface area (TPSA) is 59.9 Å². The van der Waals surface area contributed by atoms with Crippen LogP contribution in [0, 0.1) is 6.92 Å². The first kappa shape index (κ1) is 14.8. The van der Waals surface area contributed by atoms with Crippen molar-refractivity contribution in [3.8, 4) is 0 Å². The summed E-state index contributed by atoms with van der Waals surface area (Å²) in [5.74, 6) is 0. The summed E-state index contributed by atoms with van der Waals surface area (Å²) >= 11 is 0. The Morgan fingerprint density at radius 1 is 0.792 bits per heavy atom. The minimum absolute atomic E-state index is 0.266. The molecule has 2 aromatic carbocycles. The summed E-state index contributed by atoms with van der Waals surface area (Å²) in [5.41, 5.74) is 2.46. The van der Waals surface area contributed by atoms with E-state index in [4.69, 9.17) is 0 Å². The fourth-order valence-corrected chi connectivity index (χ4v) is 4.27. The Kier molecular flexibility index (Phi) is 3.32. The number of benzene rings is 2. The van der Waals surface area contributed by atoms with Crippen LogP contribution < -0.4 is 0 Å². The molecule has 0 radical (unpaired) electrons. The van der Waals surface area contributed by atoms with E-state index in [9.17, 15) is 8.42 Å². The Morgan fingerprint density at radius 3 is 2.38 bits per heavy atom. The van der Waals surface area contributed by atoms with Crippen LogP contribution >= 0.6 is 0 Å². The summed E-state index contributed by atoms with van der Waals surface area (Å²) in [6.07, 6.45) is 3.25. The number of sulfone groups is 1. The molecule has 5 heteroatoms. The third-order valence-corrected chi connectivity index (χ3v) is 5.90. The lowest BCUT2D eigenvalue weighted by Crippen LogP contribution is -2.03. The molecule has 0 atom stereocenters. The molecule has 0 fully saturated rings. The Morgan fingerprint density at radius 2 is 1.58 bits per heavy atom. The van der Waals surface area contributed by atoms with E-state index in [1.807, 2.05) is 25.1 Å². The zero-order valence-corrected chi connectivity index (χ0v) is 13.8. The SMILES string of the molecule is Cc1ccc(S(=O)(=O)c2ccnc3c2ccc2ncccc23)cc1. The lowest BCUT2D eigenvalue weighted by atomic mass is 10.1. The van der Waals surface area contributed by atoms with Crippen LogP contribution in [-0.2, 0) is 9.84 Å². The lowest BCUT2D eigenvalue weighted by Gasteiger charge is -2.09. The van der Waals surface area contributed by atoms with Crippen LogP contribution in [0.3, 0.4) is 0 Å². The zero-order valence-electron chi connectivity index (χ0n) is 13.0. The molecule has 0 saturated heterocycles. The van der Waals surface area contributed by atoms with E-state index in [-0.39, 0.29) is 9.79 Å². The average Bonchev–Trinajstić information content (AvgIpc) is 2.61. The van der Waals surface area contributed by atoms with Gasteiger partial charge in [0.1, 0.15) is 0 Å². The minimum atomic E-state index is -3.61. The summed E-state index contributed by atoms with van der Waals surface area (Å²) in [6, 6.07) is 15.8. The first-order valence-corrected chi connectivity index (χ1v) is 9.00. The zero-order chi connectivity index (χ0) is 16.7. The molecule has 0 aliphatic rings. The van der Waals surface area contributed by atoms with E-state index >= 15 is 0 Å². The van der Waals surface area contributed by atoms with E-state index in [2.05, 4.69) is 9.97 Å². The second-order valence-electron chi connectivity index (χ2n) is 5.66. The number of nitrogens with zero attached hydrogens (tertiary/aromatic N) is 2. The molecule has 0 bridgehead atoms. The number of fused-ring (bicyclic) bond motifs is 3. The number of aromatic nitrogens is 2. The van der Waals surface area contributed by atoms with Gasteiger partial charge in [-0.2, -0.15) is 0 Å². The van der Waals surface area contributed by atoms with Crippen molar-refractivity contribution in [3.05, 3.63) is 72.6 Å². The maximum atomic E-state index is 13.1. The van der Waals surface area contributed by atoms with Crippen molar-refractivity contribution in [1.82, 2.24) is 9.97 Å². The van der Waals surface area contributed by atoms with E-state index in [0.717, 1.165) is 16.5 Å². The molecule has 4 aromatic rings. The molecule has 0 spiro atoms. The van der Waals surface area contributed by atoms with Gasteiger partial charge in [-0.15, -0.1) is 0 Å². The highest BCUT2D eigenvalue weighted by Gasteiger charge is 2.21. The molecular weight excluding hydrogens is 320 g/mol. The summed E-state index contributed by atoms with van der Waals surface area (Å²) in [7, 11) is -3.61. The maximum absolute atomic E-state index is 13.1. The second kappa shape index (κ2) is 5.39. The van der Waals surface area contributed by atoms with Crippen LogP contribution in [0.1, 0.15) is 5.56 Å². The van der Waals surface area contributed by atoms with Crippen molar-refractivity contribution in [3.63, 3.8) is 0 Å². The summed E-state index contributed by atoms with van der Waals surface area (Å²) in [5, 5.41) is 1.45. The first-order valence-electron chi connectivity index (χ1n) is 7.51. The highest BCUT2D eigenvalue weighted by Crippen LogP contribution is 2.30. The molecule has 0 aliphatic heterocycles. The van der Waals surface area contributed by atoms with Gasteiger partial charge in [0.05, 0.1) is 20.8 Å². The normalized spacial score (nSPS) is 11.9. The van der Waals surface area contributed by atoms with Gasteiger partial charge in [0.15, 0.2) is 0 Å². The van der Waals surface area contributed by atoms with Gasteiger partial charge in [-0.3, -0.25) is 9.97 Å². The summed E-state index contributed by atoms with van der Waals surface area (Å²) in [4.78, 5) is 9.24. The Balaban J connectivity index is 2.03. The molecule has 0 N–H and O–H groups in total. The largest absolute Gasteiger partial charge is 0.256 e. The van der Waals surface area contributed by atoms with Crippen molar-refractivity contribution in [2.75, 3.05) is 0 Å². The molecule has 2 heterocycles. The van der Waals surface area contributed by atoms with Crippen LogP contribution in [0.2, 0.25) is 0 Å². The smallest absolute Gasteiger partial charge is 0.207 e. The standard InChI is InChI=1S/C19H14N2O2S/c1-13-4-6-14(7-5-13)24(22,23)18-10-12-21-19-15-3-2-11-20-17(15)9-8-16(18)19/h2-12H,1H3. The molecule has 118 valence electrons. The molecule has 2 aromatic heterocycles. The summed E-state index contributed by atoms with van der Waals surface area (Å²) < 4.78 is 26.1. The molecule has 0 amide bonds. The predicted molar refractivity (Wildman–Crippen MR) is 93.7 cm³/mol. The third-order valence-electron chi connectivity index (χ3n) is 4.07. The van der Waals surface area contributed by atoms with Crippen LogP contribution in [0.15, 0.2) is 76.8 Å². The van der Waals surface area contributed by atoms with E-state index in [1.54, 1.807) is 42.6 Å². The monoisotopic (exact) mass is 334 g/mol. The molecule has 4 rings (SSSR count). The molecular formula is C19H14N2O2S. The Hall–Kier alpha value is -2.79. The third kappa shape index (κ3) is 2.25. The van der Waals surface area contributed by atoms with Crippen LogP contribution in [0.4, 0.5) is 0 Å². The van der Waals surface area contributed by atoms with Crippen LogP contribution in [0.5, 0.6) is 0 Å².